The monoisotopic (exact) mass is 1000 g/mol. The number of hydrogen-bond donors (Lipinski definition) is 4. The highest BCUT2D eigenvalue weighted by Gasteiger charge is 2.47. The number of esters is 1. The molecule has 64 heavy (non-hydrogen) atoms. The number of hydrogen-bond acceptors (Lipinski definition) is 14. The molecule has 4 N–H and O–H groups in total. The van der Waals surface area contributed by atoms with Gasteiger partial charge in [0, 0.05) is 52.4 Å². The lowest BCUT2D eigenvalue weighted by Crippen LogP contribution is -2.63. The summed E-state index contributed by atoms with van der Waals surface area (Å²) in [6.45, 7) is 11.1. The van der Waals surface area contributed by atoms with E-state index in [1.807, 2.05) is 49.9 Å². The zero-order valence-electron chi connectivity index (χ0n) is 37.6. The lowest BCUT2D eigenvalue weighted by molar-refractivity contribution is -0.304. The number of likely N-dealkylation sites (N-methyl/N-ethyl adjacent to an activating group) is 1. The average molecular weight is 1000 g/mol. The molecule has 0 spiro atoms. The van der Waals surface area contributed by atoms with E-state index >= 15 is 0 Å². The van der Waals surface area contributed by atoms with Crippen LogP contribution < -0.4 is 0 Å². The van der Waals surface area contributed by atoms with Crippen LogP contribution in [0.25, 0.3) is 11.3 Å². The molecule has 0 amide bonds. The minimum atomic E-state index is -1.27. The standard InChI is InChI=1S/C47H67IN6O9.CH4/c1-8-41-36(28-55)22-29(2)11-16-39(56)30(3)23-34(46(31(4)40(57)24-42(58)62-41)63-47-45(60)43(52(6)7)44(59)32(5)61-47)17-19-53(26-33-12-14-37(48)15-13-33)20-21-54-27-38(50-51-54)35-10-9-18-49-25-35;/h9-16,18,22,25,27,30-32,34,36,40-41,43-47,55,57,59-60H,8,17,19-21,23-24,26,28H2,1-7H3;1H4/b16-11+,29-22+;/t30-,31+,32-,34+,36-,40-,41-,43?,44-,45?,46-,47+;/m1./s1. The van der Waals surface area contributed by atoms with Gasteiger partial charge in [-0.2, -0.15) is 0 Å². The van der Waals surface area contributed by atoms with Gasteiger partial charge >= 0.3 is 5.97 Å². The SMILES string of the molecule is C.CC[C@H]1OC(=O)C[C@@H](O)[C@H](C)[C@@H](O[C@@H]2O[C@H](C)[C@@H](O)C(N(C)C)C2O)[C@@H](CCN(CCn2cc(-c3cccnc3)nn2)Cc2ccc(I)cc2)C[C@@H](C)C(=O)/C=C/C(C)=C/[C@@H]1CO. The maximum absolute atomic E-state index is 13.9. The van der Waals surface area contributed by atoms with Crippen molar-refractivity contribution in [2.45, 2.75) is 130 Å². The Hall–Kier alpha value is -3.46. The molecule has 3 aromatic rings. The Kier molecular flexibility index (Phi) is 21.1. The summed E-state index contributed by atoms with van der Waals surface area (Å²) in [5, 5.41) is 53.7. The molecule has 5 rings (SSSR count). The van der Waals surface area contributed by atoms with Crippen LogP contribution in [0, 0.1) is 27.2 Å². The summed E-state index contributed by atoms with van der Waals surface area (Å²) in [4.78, 5) is 35.7. The molecule has 0 radical (unpaired) electrons. The fraction of sp³-hybridized carbons (Fsp3) is 0.604. The molecule has 12 atom stereocenters. The van der Waals surface area contributed by atoms with Crippen molar-refractivity contribution >= 4 is 34.3 Å². The number of carbonyl (C=O) groups is 2. The van der Waals surface area contributed by atoms with E-state index in [2.05, 4.69) is 67.1 Å². The number of benzene rings is 1. The molecule has 15 nitrogen and oxygen atoms in total. The van der Waals surface area contributed by atoms with Gasteiger partial charge in [-0.25, -0.2) is 0 Å². The normalized spacial score (nSPS) is 31.2. The summed E-state index contributed by atoms with van der Waals surface area (Å²) in [6, 6.07) is 11.4. The second-order valence-electron chi connectivity index (χ2n) is 17.5. The molecule has 2 aliphatic rings. The Labute approximate surface area is 393 Å². The van der Waals surface area contributed by atoms with Gasteiger partial charge < -0.3 is 39.5 Å². The highest BCUT2D eigenvalue weighted by molar-refractivity contribution is 14.1. The van der Waals surface area contributed by atoms with Gasteiger partial charge in [-0.1, -0.05) is 63.3 Å². The predicted octanol–water partition coefficient (Wildman–Crippen LogP) is 5.30. The fourth-order valence-electron chi connectivity index (χ4n) is 8.62. The molecule has 0 aliphatic carbocycles. The van der Waals surface area contributed by atoms with Gasteiger partial charge in [0.25, 0.3) is 0 Å². The number of cyclic esters (lactones) is 1. The number of rotatable bonds is 14. The predicted molar refractivity (Wildman–Crippen MR) is 253 cm³/mol. The van der Waals surface area contributed by atoms with E-state index in [-0.39, 0.29) is 26.2 Å². The highest BCUT2D eigenvalue weighted by Crippen LogP contribution is 2.35. The van der Waals surface area contributed by atoms with Gasteiger partial charge in [0.2, 0.25) is 0 Å². The number of aromatic nitrogens is 4. The topological polar surface area (TPSA) is 193 Å². The number of carbonyl (C=O) groups excluding carboxylic acids is 2. The molecule has 1 fully saturated rings. The van der Waals surface area contributed by atoms with Crippen LogP contribution in [0.3, 0.4) is 0 Å². The van der Waals surface area contributed by atoms with Crippen molar-refractivity contribution in [3.8, 4) is 11.3 Å². The number of aliphatic hydroxyl groups is 4. The van der Waals surface area contributed by atoms with Crippen LogP contribution >= 0.6 is 22.6 Å². The maximum atomic E-state index is 13.9. The fourth-order valence-corrected chi connectivity index (χ4v) is 8.98. The van der Waals surface area contributed by atoms with Crippen LogP contribution in [0.15, 0.2) is 78.8 Å². The highest BCUT2D eigenvalue weighted by atomic mass is 127. The molecular formula is C48H71IN6O9. The van der Waals surface area contributed by atoms with Crippen molar-refractivity contribution in [2.24, 2.45) is 23.7 Å². The molecule has 2 aromatic heterocycles. The number of ketones is 1. The number of pyridine rings is 1. The lowest BCUT2D eigenvalue weighted by Gasteiger charge is -2.46. The molecule has 354 valence electrons. The van der Waals surface area contributed by atoms with Crippen molar-refractivity contribution < 1.29 is 44.2 Å². The average Bonchev–Trinajstić information content (AvgIpc) is 3.74. The summed E-state index contributed by atoms with van der Waals surface area (Å²) in [5.74, 6) is -2.83. The molecule has 4 heterocycles. The van der Waals surface area contributed by atoms with Crippen LogP contribution in [0.4, 0.5) is 0 Å². The van der Waals surface area contributed by atoms with Crippen molar-refractivity contribution in [3.63, 3.8) is 0 Å². The largest absolute Gasteiger partial charge is 0.462 e. The first-order valence-corrected chi connectivity index (χ1v) is 23.2. The van der Waals surface area contributed by atoms with E-state index in [0.717, 1.165) is 26.0 Å². The first kappa shape index (κ1) is 53.2. The molecule has 1 aromatic carbocycles. The zero-order valence-corrected chi connectivity index (χ0v) is 39.8. The van der Waals surface area contributed by atoms with E-state index in [4.69, 9.17) is 14.2 Å². The van der Waals surface area contributed by atoms with Crippen LogP contribution in [0.1, 0.15) is 73.3 Å². The van der Waals surface area contributed by atoms with Gasteiger partial charge in [0.1, 0.15) is 17.9 Å². The molecule has 2 aliphatic heterocycles. The van der Waals surface area contributed by atoms with E-state index in [0.29, 0.717) is 45.4 Å². The molecule has 2 unspecified atom stereocenters. The Balaban J connectivity index is 0.00000898. The third kappa shape index (κ3) is 14.8. The number of ether oxygens (including phenoxy) is 3. The van der Waals surface area contributed by atoms with Crippen LogP contribution in [-0.2, 0) is 36.9 Å². The van der Waals surface area contributed by atoms with Gasteiger partial charge in [-0.3, -0.25) is 24.2 Å². The minimum Gasteiger partial charge on any atom is -0.462 e. The van der Waals surface area contributed by atoms with Crippen LogP contribution in [-0.4, -0.2) is 145 Å². The Bertz CT molecular complexity index is 1950. The third-order valence-corrected chi connectivity index (χ3v) is 13.2. The minimum absolute atomic E-state index is 0. The zero-order chi connectivity index (χ0) is 45.8. The smallest absolute Gasteiger partial charge is 0.308 e. The number of nitrogens with zero attached hydrogens (tertiary/aromatic N) is 6. The summed E-state index contributed by atoms with van der Waals surface area (Å²) in [6.07, 6.45) is 4.48. The summed E-state index contributed by atoms with van der Waals surface area (Å²) in [5.41, 5.74) is 3.44. The molecule has 0 saturated carbocycles. The molecule has 0 bridgehead atoms. The van der Waals surface area contributed by atoms with E-state index in [9.17, 15) is 30.0 Å². The summed E-state index contributed by atoms with van der Waals surface area (Å²) in [7, 11) is 3.53. The maximum Gasteiger partial charge on any atom is 0.308 e. The Morgan fingerprint density at radius 3 is 2.41 bits per heavy atom. The van der Waals surface area contributed by atoms with E-state index in [1.165, 1.54) is 0 Å². The summed E-state index contributed by atoms with van der Waals surface area (Å²) >= 11 is 2.29. The Morgan fingerprint density at radius 2 is 1.75 bits per heavy atom. The first-order chi connectivity index (χ1) is 30.1. The van der Waals surface area contributed by atoms with Gasteiger partial charge in [0.15, 0.2) is 12.1 Å². The number of aliphatic hydroxyl groups excluding tert-OH is 4. The first-order valence-electron chi connectivity index (χ1n) is 22.1. The number of halogens is 1. The van der Waals surface area contributed by atoms with E-state index in [1.54, 1.807) is 57.4 Å². The van der Waals surface area contributed by atoms with Gasteiger partial charge in [0.05, 0.1) is 56.2 Å². The van der Waals surface area contributed by atoms with Gasteiger partial charge in [-0.05, 0) is 118 Å². The Morgan fingerprint density at radius 1 is 1.02 bits per heavy atom. The van der Waals surface area contributed by atoms with Crippen molar-refractivity contribution in [1.82, 2.24) is 29.8 Å². The third-order valence-electron chi connectivity index (χ3n) is 12.4. The van der Waals surface area contributed by atoms with Crippen LogP contribution in [0.5, 0.6) is 0 Å². The van der Waals surface area contributed by atoms with Crippen LogP contribution in [0.2, 0.25) is 0 Å². The second-order valence-corrected chi connectivity index (χ2v) is 18.7. The van der Waals surface area contributed by atoms with Crippen molar-refractivity contribution in [3.05, 3.63) is 87.9 Å². The second kappa shape index (κ2) is 25.4. The summed E-state index contributed by atoms with van der Waals surface area (Å²) < 4.78 is 21.8. The molecule has 16 heteroatoms. The van der Waals surface area contributed by atoms with E-state index < -0.39 is 78.6 Å². The number of allylic oxidation sites excluding steroid dienone is 3. The van der Waals surface area contributed by atoms with Crippen molar-refractivity contribution in [2.75, 3.05) is 33.8 Å². The lowest BCUT2D eigenvalue weighted by atomic mass is 9.79. The quantitative estimate of drug-likeness (QED) is 0.120. The van der Waals surface area contributed by atoms with Crippen molar-refractivity contribution in [1.29, 1.82) is 0 Å². The molecular weight excluding hydrogens is 931 g/mol. The van der Waals surface area contributed by atoms with Gasteiger partial charge in [-0.15, -0.1) is 5.10 Å². The molecule has 1 saturated heterocycles.